The van der Waals surface area contributed by atoms with Crippen molar-refractivity contribution in [1.82, 2.24) is 0 Å². The zero-order chi connectivity index (χ0) is 12.0. The predicted molar refractivity (Wildman–Crippen MR) is 71.6 cm³/mol. The highest BCUT2D eigenvalue weighted by Crippen LogP contribution is 2.22. The van der Waals surface area contributed by atoms with E-state index in [1.165, 1.54) is 0 Å². The first kappa shape index (κ1) is 13.0. The Hall–Kier alpha value is -1.04. The molecule has 0 spiro atoms. The Morgan fingerprint density at radius 3 is 2.94 bits per heavy atom. The number of methoxy groups -OCH3 is 1. The topological polar surface area (TPSA) is 46.5 Å². The third-order valence-electron chi connectivity index (χ3n) is 2.01. The third kappa shape index (κ3) is 4.22. The van der Waals surface area contributed by atoms with Crippen LogP contribution in [0.15, 0.2) is 24.3 Å². The summed E-state index contributed by atoms with van der Waals surface area (Å²) in [5, 5.41) is 8.50. The molecule has 4 heteroatoms. The number of benzene rings is 1. The van der Waals surface area contributed by atoms with Crippen molar-refractivity contribution in [3.05, 3.63) is 33.4 Å². The fourth-order valence-corrected chi connectivity index (χ4v) is 1.77. The van der Waals surface area contributed by atoms with Crippen LogP contribution in [0.1, 0.15) is 18.4 Å². The SMILES string of the molecule is COc1ccc(I)cc1C=CCCC(=O)O. The van der Waals surface area contributed by atoms with Gasteiger partial charge in [0.05, 0.1) is 7.11 Å². The van der Waals surface area contributed by atoms with Crippen LogP contribution in [-0.4, -0.2) is 18.2 Å². The van der Waals surface area contributed by atoms with Gasteiger partial charge < -0.3 is 9.84 Å². The lowest BCUT2D eigenvalue weighted by atomic mass is 10.1. The molecule has 0 heterocycles. The van der Waals surface area contributed by atoms with Crippen molar-refractivity contribution >= 4 is 34.6 Å². The maximum atomic E-state index is 10.3. The average molecular weight is 332 g/mol. The van der Waals surface area contributed by atoms with Gasteiger partial charge in [-0.1, -0.05) is 12.2 Å². The first-order valence-electron chi connectivity index (χ1n) is 4.85. The van der Waals surface area contributed by atoms with E-state index in [-0.39, 0.29) is 6.42 Å². The van der Waals surface area contributed by atoms with Crippen molar-refractivity contribution in [3.63, 3.8) is 0 Å². The van der Waals surface area contributed by atoms with Crippen LogP contribution in [0.2, 0.25) is 0 Å². The summed E-state index contributed by atoms with van der Waals surface area (Å²) in [4.78, 5) is 10.3. The average Bonchev–Trinajstić information content (AvgIpc) is 2.24. The van der Waals surface area contributed by atoms with Gasteiger partial charge in [-0.05, 0) is 47.2 Å². The molecule has 0 aromatic heterocycles. The number of ether oxygens (including phenoxy) is 1. The van der Waals surface area contributed by atoms with E-state index in [2.05, 4.69) is 22.6 Å². The van der Waals surface area contributed by atoms with Crippen LogP contribution in [0.5, 0.6) is 5.75 Å². The van der Waals surface area contributed by atoms with Crippen molar-refractivity contribution in [2.45, 2.75) is 12.8 Å². The molecule has 0 unspecified atom stereocenters. The highest BCUT2D eigenvalue weighted by Gasteiger charge is 1.99. The van der Waals surface area contributed by atoms with Crippen molar-refractivity contribution in [1.29, 1.82) is 0 Å². The summed E-state index contributed by atoms with van der Waals surface area (Å²) in [5.41, 5.74) is 0.972. The smallest absolute Gasteiger partial charge is 0.303 e. The number of hydrogen-bond donors (Lipinski definition) is 1. The van der Waals surface area contributed by atoms with Crippen LogP contribution in [0.3, 0.4) is 0 Å². The molecule has 0 saturated carbocycles. The lowest BCUT2D eigenvalue weighted by molar-refractivity contribution is -0.136. The number of aliphatic carboxylic acids is 1. The van der Waals surface area contributed by atoms with Crippen LogP contribution >= 0.6 is 22.6 Å². The Balaban J connectivity index is 2.71. The largest absolute Gasteiger partial charge is 0.496 e. The molecule has 0 aliphatic carbocycles. The van der Waals surface area contributed by atoms with E-state index in [9.17, 15) is 4.79 Å². The molecule has 0 aliphatic rings. The van der Waals surface area contributed by atoms with Crippen molar-refractivity contribution in [2.75, 3.05) is 7.11 Å². The van der Waals surface area contributed by atoms with Crippen molar-refractivity contribution in [3.8, 4) is 5.75 Å². The van der Waals surface area contributed by atoms with Crippen LogP contribution in [0, 0.1) is 3.57 Å². The molecule has 0 bridgehead atoms. The van der Waals surface area contributed by atoms with E-state index in [1.807, 2.05) is 30.4 Å². The van der Waals surface area contributed by atoms with E-state index in [0.717, 1.165) is 14.9 Å². The Bertz CT molecular complexity index is 399. The predicted octanol–water partition coefficient (Wildman–Crippen LogP) is 3.18. The van der Waals surface area contributed by atoms with E-state index in [0.29, 0.717) is 6.42 Å². The molecule has 1 N–H and O–H groups in total. The fourth-order valence-electron chi connectivity index (χ4n) is 1.25. The zero-order valence-corrected chi connectivity index (χ0v) is 11.1. The van der Waals surface area contributed by atoms with Gasteiger partial charge in [-0.15, -0.1) is 0 Å². The standard InChI is InChI=1S/C12H13IO3/c1-16-11-7-6-10(13)8-9(11)4-2-3-5-12(14)15/h2,4,6-8H,3,5H2,1H3,(H,14,15). The van der Waals surface area contributed by atoms with E-state index < -0.39 is 5.97 Å². The summed E-state index contributed by atoms with van der Waals surface area (Å²) >= 11 is 2.23. The normalized spacial score (nSPS) is 10.6. The second-order valence-corrected chi connectivity index (χ2v) is 4.47. The molecule has 0 saturated heterocycles. The van der Waals surface area contributed by atoms with E-state index >= 15 is 0 Å². The van der Waals surface area contributed by atoms with Crippen molar-refractivity contribution in [2.24, 2.45) is 0 Å². The number of carboxylic acids is 1. The van der Waals surface area contributed by atoms with Gasteiger partial charge in [0.2, 0.25) is 0 Å². The molecular formula is C12H13IO3. The molecule has 0 aliphatic heterocycles. The summed E-state index contributed by atoms with van der Waals surface area (Å²) in [6, 6.07) is 5.86. The van der Waals surface area contributed by atoms with E-state index in [1.54, 1.807) is 7.11 Å². The highest BCUT2D eigenvalue weighted by molar-refractivity contribution is 14.1. The molecule has 16 heavy (non-hydrogen) atoms. The first-order valence-corrected chi connectivity index (χ1v) is 5.93. The van der Waals surface area contributed by atoms with Gasteiger partial charge in [-0.25, -0.2) is 0 Å². The summed E-state index contributed by atoms with van der Waals surface area (Å²) in [5.74, 6) is 0.0197. The van der Waals surface area contributed by atoms with Crippen LogP contribution in [0.4, 0.5) is 0 Å². The summed E-state index contributed by atoms with van der Waals surface area (Å²) in [6.07, 6.45) is 4.43. The lowest BCUT2D eigenvalue weighted by Crippen LogP contribution is -1.91. The van der Waals surface area contributed by atoms with Gasteiger partial charge in [-0.2, -0.15) is 0 Å². The number of halogens is 1. The van der Waals surface area contributed by atoms with Gasteiger partial charge in [0, 0.05) is 15.6 Å². The molecule has 0 fully saturated rings. The van der Waals surface area contributed by atoms with Gasteiger partial charge in [-0.3, -0.25) is 4.79 Å². The molecule has 0 amide bonds. The second kappa shape index (κ2) is 6.52. The number of rotatable bonds is 5. The molecule has 86 valence electrons. The maximum absolute atomic E-state index is 10.3. The summed E-state index contributed by atoms with van der Waals surface area (Å²) < 4.78 is 6.33. The zero-order valence-electron chi connectivity index (χ0n) is 8.94. The second-order valence-electron chi connectivity index (χ2n) is 3.22. The number of hydrogen-bond acceptors (Lipinski definition) is 2. The van der Waals surface area contributed by atoms with Crippen LogP contribution in [0.25, 0.3) is 6.08 Å². The van der Waals surface area contributed by atoms with Crippen LogP contribution in [-0.2, 0) is 4.79 Å². The minimum Gasteiger partial charge on any atom is -0.496 e. The molecule has 0 radical (unpaired) electrons. The van der Waals surface area contributed by atoms with E-state index in [4.69, 9.17) is 9.84 Å². The Kier molecular flexibility index (Phi) is 5.31. The first-order chi connectivity index (χ1) is 7.63. The molecule has 0 atom stereocenters. The molecule has 3 nitrogen and oxygen atoms in total. The number of carboxylic acid groups (broad SMARTS) is 1. The number of carbonyl (C=O) groups is 1. The fraction of sp³-hybridized carbons (Fsp3) is 0.250. The maximum Gasteiger partial charge on any atom is 0.303 e. The summed E-state index contributed by atoms with van der Waals surface area (Å²) in [6.45, 7) is 0. The summed E-state index contributed by atoms with van der Waals surface area (Å²) in [7, 11) is 1.62. The van der Waals surface area contributed by atoms with Crippen LogP contribution < -0.4 is 4.74 Å². The van der Waals surface area contributed by atoms with Gasteiger partial charge >= 0.3 is 5.97 Å². The molecular weight excluding hydrogens is 319 g/mol. The Labute approximate surface area is 108 Å². The van der Waals surface area contributed by atoms with Gasteiger partial charge in [0.25, 0.3) is 0 Å². The Morgan fingerprint density at radius 2 is 2.31 bits per heavy atom. The molecule has 1 aromatic carbocycles. The highest BCUT2D eigenvalue weighted by atomic mass is 127. The third-order valence-corrected chi connectivity index (χ3v) is 2.69. The Morgan fingerprint density at radius 1 is 1.56 bits per heavy atom. The van der Waals surface area contributed by atoms with Gasteiger partial charge in [0.1, 0.15) is 5.75 Å². The quantitative estimate of drug-likeness (QED) is 0.843. The van der Waals surface area contributed by atoms with Crippen molar-refractivity contribution < 1.29 is 14.6 Å². The molecule has 1 rings (SSSR count). The lowest BCUT2D eigenvalue weighted by Gasteiger charge is -2.04. The van der Waals surface area contributed by atoms with Gasteiger partial charge in [0.15, 0.2) is 0 Å². The minimum absolute atomic E-state index is 0.155. The number of allylic oxidation sites excluding steroid dienone is 1. The monoisotopic (exact) mass is 332 g/mol. The molecule has 1 aromatic rings. The minimum atomic E-state index is -0.778.